The Morgan fingerprint density at radius 1 is 1.38 bits per heavy atom. The van der Waals surface area contributed by atoms with Crippen LogP contribution in [0.1, 0.15) is 44.1 Å². The predicted molar refractivity (Wildman–Crippen MR) is 93.2 cm³/mol. The van der Waals surface area contributed by atoms with Crippen molar-refractivity contribution in [3.63, 3.8) is 0 Å². The molecule has 1 aliphatic carbocycles. The predicted octanol–water partition coefficient (Wildman–Crippen LogP) is 4.54. The van der Waals surface area contributed by atoms with Gasteiger partial charge in [-0.05, 0) is 43.1 Å². The minimum absolute atomic E-state index is 0.680. The fourth-order valence-electron chi connectivity index (χ4n) is 2.80. The molecule has 0 fully saturated rings. The van der Waals surface area contributed by atoms with Gasteiger partial charge in [0, 0.05) is 10.6 Å². The number of hydrogen-bond acceptors (Lipinski definition) is 5. The van der Waals surface area contributed by atoms with E-state index in [0.29, 0.717) is 11.7 Å². The maximum absolute atomic E-state index is 6.23. The molecule has 0 aliphatic heterocycles. The number of nitrogens with two attached hydrogens (primary N) is 1. The first-order valence-corrected chi connectivity index (χ1v) is 9.55. The number of rotatable bonds is 4. The summed E-state index contributed by atoms with van der Waals surface area (Å²) in [5.74, 6) is 3.23. The zero-order valence-corrected chi connectivity index (χ0v) is 14.6. The molecule has 3 rings (SSSR count). The Morgan fingerprint density at radius 2 is 2.19 bits per heavy atom. The van der Waals surface area contributed by atoms with Crippen LogP contribution in [-0.2, 0) is 12.8 Å². The van der Waals surface area contributed by atoms with Crippen molar-refractivity contribution in [2.24, 2.45) is 11.8 Å². The Balaban J connectivity index is 1.90. The highest BCUT2D eigenvalue weighted by molar-refractivity contribution is 7.99. The summed E-state index contributed by atoms with van der Waals surface area (Å²) >= 11 is 3.56. The number of thiophene rings is 1. The lowest BCUT2D eigenvalue weighted by Gasteiger charge is -2.17. The largest absolute Gasteiger partial charge is 0.383 e. The highest BCUT2D eigenvalue weighted by atomic mass is 32.2. The summed E-state index contributed by atoms with van der Waals surface area (Å²) in [5, 5.41) is 1.97. The lowest BCUT2D eigenvalue weighted by molar-refractivity contribution is 0.509. The fraction of sp³-hybridized carbons (Fsp3) is 0.625. The quantitative estimate of drug-likeness (QED) is 0.663. The lowest BCUT2D eigenvalue weighted by atomic mass is 9.89. The number of thioether (sulfide) groups is 1. The number of aryl methyl sites for hydroxylation is 1. The van der Waals surface area contributed by atoms with E-state index in [4.69, 9.17) is 10.7 Å². The summed E-state index contributed by atoms with van der Waals surface area (Å²) in [6, 6.07) is 0. The van der Waals surface area contributed by atoms with Gasteiger partial charge >= 0.3 is 0 Å². The minimum atomic E-state index is 0.680. The molecule has 2 aromatic heterocycles. The van der Waals surface area contributed by atoms with Crippen LogP contribution >= 0.6 is 23.1 Å². The highest BCUT2D eigenvalue weighted by Crippen LogP contribution is 2.39. The summed E-state index contributed by atoms with van der Waals surface area (Å²) in [7, 11) is 0. The molecular weight excluding hydrogens is 298 g/mol. The Hall–Kier alpha value is -0.810. The van der Waals surface area contributed by atoms with Gasteiger partial charge in [-0.15, -0.1) is 11.3 Å². The van der Waals surface area contributed by atoms with Crippen LogP contribution in [0.15, 0.2) is 5.16 Å². The van der Waals surface area contributed by atoms with Crippen LogP contribution in [0, 0.1) is 11.8 Å². The standard InChI is InChI=1S/C16H23N3S2/c1-9(2)6-7-20-16-18-14(17)13-11-5-4-10(3)8-12(11)21-15(13)19-16/h9-10H,4-8H2,1-3H3,(H2,17,18,19)/t10-/m1/s1. The van der Waals surface area contributed by atoms with Gasteiger partial charge in [0.25, 0.3) is 0 Å². The first-order chi connectivity index (χ1) is 10.0. The van der Waals surface area contributed by atoms with Gasteiger partial charge in [-0.2, -0.15) is 0 Å². The van der Waals surface area contributed by atoms with E-state index in [1.54, 1.807) is 11.8 Å². The monoisotopic (exact) mass is 321 g/mol. The van der Waals surface area contributed by atoms with Gasteiger partial charge in [0.1, 0.15) is 10.6 Å². The van der Waals surface area contributed by atoms with Gasteiger partial charge < -0.3 is 5.73 Å². The first-order valence-electron chi connectivity index (χ1n) is 7.75. The minimum Gasteiger partial charge on any atom is -0.383 e. The van der Waals surface area contributed by atoms with Gasteiger partial charge in [-0.3, -0.25) is 0 Å². The van der Waals surface area contributed by atoms with Crippen molar-refractivity contribution in [3.8, 4) is 0 Å². The van der Waals surface area contributed by atoms with Gasteiger partial charge in [-0.25, -0.2) is 9.97 Å². The van der Waals surface area contributed by atoms with Gasteiger partial charge in [0.2, 0.25) is 0 Å². The van der Waals surface area contributed by atoms with Crippen molar-refractivity contribution in [2.75, 3.05) is 11.5 Å². The summed E-state index contributed by atoms with van der Waals surface area (Å²) in [4.78, 5) is 11.9. The molecule has 0 radical (unpaired) electrons. The number of anilines is 1. The molecule has 0 spiro atoms. The van der Waals surface area contributed by atoms with Crippen molar-refractivity contribution in [3.05, 3.63) is 10.4 Å². The number of nitrogens with zero attached hydrogens (tertiary/aromatic N) is 2. The highest BCUT2D eigenvalue weighted by Gasteiger charge is 2.23. The molecule has 0 aromatic carbocycles. The third-order valence-corrected chi connectivity index (χ3v) is 6.12. The van der Waals surface area contributed by atoms with E-state index in [0.717, 1.165) is 33.5 Å². The van der Waals surface area contributed by atoms with E-state index in [2.05, 4.69) is 25.8 Å². The van der Waals surface area contributed by atoms with Crippen molar-refractivity contribution >= 4 is 39.1 Å². The van der Waals surface area contributed by atoms with Gasteiger partial charge in [-0.1, -0.05) is 32.5 Å². The van der Waals surface area contributed by atoms with E-state index in [1.165, 1.54) is 29.7 Å². The fourth-order valence-corrected chi connectivity index (χ4v) is 5.34. The number of hydrogen-bond donors (Lipinski definition) is 1. The number of aromatic nitrogens is 2. The smallest absolute Gasteiger partial charge is 0.190 e. The van der Waals surface area contributed by atoms with Crippen LogP contribution in [0.3, 0.4) is 0 Å². The van der Waals surface area contributed by atoms with Crippen molar-refractivity contribution in [2.45, 2.75) is 51.6 Å². The van der Waals surface area contributed by atoms with E-state index >= 15 is 0 Å². The molecule has 0 unspecified atom stereocenters. The van der Waals surface area contributed by atoms with E-state index in [-0.39, 0.29) is 0 Å². The Bertz CT molecular complexity index is 648. The molecule has 0 amide bonds. The first kappa shape index (κ1) is 15.1. The molecule has 0 bridgehead atoms. The molecule has 1 aliphatic rings. The zero-order valence-electron chi connectivity index (χ0n) is 13.0. The molecule has 5 heteroatoms. The normalized spacial score (nSPS) is 18.4. The van der Waals surface area contributed by atoms with Gasteiger partial charge in [0.05, 0.1) is 5.39 Å². The lowest BCUT2D eigenvalue weighted by Crippen LogP contribution is -2.09. The van der Waals surface area contributed by atoms with Crippen molar-refractivity contribution in [1.82, 2.24) is 9.97 Å². The van der Waals surface area contributed by atoms with Crippen LogP contribution in [0.4, 0.5) is 5.82 Å². The average molecular weight is 322 g/mol. The Kier molecular flexibility index (Phi) is 4.41. The van der Waals surface area contributed by atoms with E-state index < -0.39 is 0 Å². The summed E-state index contributed by atoms with van der Waals surface area (Å²) in [6.07, 6.45) is 4.74. The molecule has 2 heterocycles. The topological polar surface area (TPSA) is 51.8 Å². The van der Waals surface area contributed by atoms with Crippen LogP contribution in [0.2, 0.25) is 0 Å². The van der Waals surface area contributed by atoms with Crippen LogP contribution in [0.25, 0.3) is 10.2 Å². The maximum Gasteiger partial charge on any atom is 0.190 e. The molecule has 1 atom stereocenters. The van der Waals surface area contributed by atoms with Gasteiger partial charge in [0.15, 0.2) is 5.16 Å². The second kappa shape index (κ2) is 6.13. The third-order valence-electron chi connectivity index (χ3n) is 4.09. The number of fused-ring (bicyclic) bond motifs is 3. The van der Waals surface area contributed by atoms with Crippen LogP contribution < -0.4 is 5.73 Å². The van der Waals surface area contributed by atoms with Crippen molar-refractivity contribution < 1.29 is 0 Å². The molecule has 114 valence electrons. The molecule has 0 saturated heterocycles. The maximum atomic E-state index is 6.23. The summed E-state index contributed by atoms with van der Waals surface area (Å²) in [6.45, 7) is 6.82. The summed E-state index contributed by atoms with van der Waals surface area (Å²) < 4.78 is 0. The number of nitrogen functional groups attached to an aromatic ring is 1. The van der Waals surface area contributed by atoms with E-state index in [1.807, 2.05) is 11.3 Å². The van der Waals surface area contributed by atoms with E-state index in [9.17, 15) is 0 Å². The average Bonchev–Trinajstić information content (AvgIpc) is 2.75. The van der Waals surface area contributed by atoms with Crippen LogP contribution in [-0.4, -0.2) is 15.7 Å². The zero-order chi connectivity index (χ0) is 15.0. The Morgan fingerprint density at radius 3 is 2.95 bits per heavy atom. The summed E-state index contributed by atoms with van der Waals surface area (Å²) in [5.41, 5.74) is 7.65. The SMILES string of the molecule is CC(C)CCSc1nc(N)c2c3c(sc2n1)C[C@H](C)CC3. The second-order valence-electron chi connectivity index (χ2n) is 6.45. The molecule has 2 aromatic rings. The molecular formula is C16H23N3S2. The van der Waals surface area contributed by atoms with Crippen molar-refractivity contribution in [1.29, 1.82) is 0 Å². The third kappa shape index (κ3) is 3.19. The van der Waals surface area contributed by atoms with Crippen LogP contribution in [0.5, 0.6) is 0 Å². The second-order valence-corrected chi connectivity index (χ2v) is 8.60. The molecule has 3 nitrogen and oxygen atoms in total. The Labute approximate surface area is 134 Å². The molecule has 0 saturated carbocycles. The molecule has 2 N–H and O–H groups in total. The molecule has 21 heavy (non-hydrogen) atoms.